The van der Waals surface area contributed by atoms with Gasteiger partial charge in [-0.2, -0.15) is 0 Å². The second-order valence-electron chi connectivity index (χ2n) is 6.12. The summed E-state index contributed by atoms with van der Waals surface area (Å²) < 4.78 is 0. The zero-order chi connectivity index (χ0) is 13.8. The Kier molecular flexibility index (Phi) is 4.94. The van der Waals surface area contributed by atoms with Crippen molar-refractivity contribution in [1.29, 1.82) is 0 Å². The zero-order valence-electron chi connectivity index (χ0n) is 12.7. The summed E-state index contributed by atoms with van der Waals surface area (Å²) in [5, 5.41) is 3.61. The summed E-state index contributed by atoms with van der Waals surface area (Å²) in [6.07, 6.45) is 6.56. The summed E-state index contributed by atoms with van der Waals surface area (Å²) in [6, 6.07) is 3.20. The molecule has 1 aliphatic heterocycles. The summed E-state index contributed by atoms with van der Waals surface area (Å²) in [5.74, 6) is 0.684. The van der Waals surface area contributed by atoms with E-state index in [4.69, 9.17) is 0 Å². The van der Waals surface area contributed by atoms with E-state index in [1.165, 1.54) is 30.5 Å². The first kappa shape index (κ1) is 14.5. The average Bonchev–Trinajstić information content (AvgIpc) is 2.37. The molecule has 3 nitrogen and oxygen atoms in total. The van der Waals surface area contributed by atoms with E-state index in [1.807, 2.05) is 6.20 Å². The molecule has 2 atom stereocenters. The molecule has 1 saturated heterocycles. The zero-order valence-corrected chi connectivity index (χ0v) is 12.7. The highest BCUT2D eigenvalue weighted by Gasteiger charge is 2.31. The van der Waals surface area contributed by atoms with Crippen molar-refractivity contribution >= 4 is 0 Å². The molecule has 0 spiro atoms. The molecule has 3 heteroatoms. The predicted octanol–water partition coefficient (Wildman–Crippen LogP) is 2.77. The number of aryl methyl sites for hydroxylation is 1. The van der Waals surface area contributed by atoms with Gasteiger partial charge in [0.1, 0.15) is 0 Å². The first-order valence-electron chi connectivity index (χ1n) is 7.43. The molecule has 0 saturated carbocycles. The monoisotopic (exact) mass is 261 g/mol. The molecule has 1 fully saturated rings. The van der Waals surface area contributed by atoms with Crippen molar-refractivity contribution < 1.29 is 0 Å². The van der Waals surface area contributed by atoms with E-state index in [9.17, 15) is 0 Å². The van der Waals surface area contributed by atoms with Gasteiger partial charge in [-0.15, -0.1) is 0 Å². The highest BCUT2D eigenvalue weighted by Crippen LogP contribution is 2.35. The van der Waals surface area contributed by atoms with Crippen LogP contribution in [0.15, 0.2) is 18.5 Å². The van der Waals surface area contributed by atoms with E-state index in [1.54, 1.807) is 0 Å². The van der Waals surface area contributed by atoms with Crippen molar-refractivity contribution in [3.8, 4) is 0 Å². The molecule has 2 unspecified atom stereocenters. The second-order valence-corrected chi connectivity index (χ2v) is 6.12. The van der Waals surface area contributed by atoms with Gasteiger partial charge in [-0.25, -0.2) is 0 Å². The van der Waals surface area contributed by atoms with Gasteiger partial charge in [-0.3, -0.25) is 9.88 Å². The highest BCUT2D eigenvalue weighted by molar-refractivity contribution is 5.26. The molecule has 1 N–H and O–H groups in total. The first-order valence-corrected chi connectivity index (χ1v) is 7.43. The Morgan fingerprint density at radius 1 is 1.47 bits per heavy atom. The first-order chi connectivity index (χ1) is 9.09. The van der Waals surface area contributed by atoms with Crippen molar-refractivity contribution in [3.05, 3.63) is 29.6 Å². The Balaban J connectivity index is 2.19. The fourth-order valence-electron chi connectivity index (χ4n) is 3.14. The van der Waals surface area contributed by atoms with E-state index in [-0.39, 0.29) is 0 Å². The van der Waals surface area contributed by atoms with Gasteiger partial charge in [0, 0.05) is 31.0 Å². The van der Waals surface area contributed by atoms with Crippen molar-refractivity contribution in [2.45, 2.75) is 45.7 Å². The number of hydrogen-bond donors (Lipinski definition) is 1. The van der Waals surface area contributed by atoms with E-state index in [0.717, 1.165) is 6.54 Å². The van der Waals surface area contributed by atoms with Crippen LogP contribution in [0.25, 0.3) is 0 Å². The largest absolute Gasteiger partial charge is 0.314 e. The lowest BCUT2D eigenvalue weighted by atomic mass is 9.84. The molecular weight excluding hydrogens is 234 g/mol. The normalized spacial score (nSPS) is 24.9. The number of hydrogen-bond acceptors (Lipinski definition) is 3. The van der Waals surface area contributed by atoms with E-state index >= 15 is 0 Å². The van der Waals surface area contributed by atoms with Gasteiger partial charge in [-0.1, -0.05) is 13.8 Å². The lowest BCUT2D eigenvalue weighted by Crippen LogP contribution is -2.42. The van der Waals surface area contributed by atoms with Crippen LogP contribution in [0.2, 0.25) is 0 Å². The molecule has 0 aromatic carbocycles. The minimum absolute atomic E-state index is 0.508. The van der Waals surface area contributed by atoms with Crippen molar-refractivity contribution in [1.82, 2.24) is 15.2 Å². The number of rotatable bonds is 4. The summed E-state index contributed by atoms with van der Waals surface area (Å²) in [5.41, 5.74) is 2.77. The van der Waals surface area contributed by atoms with Crippen LogP contribution in [0.1, 0.15) is 43.9 Å². The van der Waals surface area contributed by atoms with E-state index in [0.29, 0.717) is 18.0 Å². The third kappa shape index (κ3) is 3.54. The van der Waals surface area contributed by atoms with Crippen molar-refractivity contribution in [3.63, 3.8) is 0 Å². The van der Waals surface area contributed by atoms with Crippen LogP contribution in [-0.4, -0.2) is 36.1 Å². The van der Waals surface area contributed by atoms with E-state index < -0.39 is 0 Å². The minimum atomic E-state index is 0.508. The van der Waals surface area contributed by atoms with Gasteiger partial charge in [0.25, 0.3) is 0 Å². The Hall–Kier alpha value is -0.930. The topological polar surface area (TPSA) is 28.2 Å². The Morgan fingerprint density at radius 3 is 2.95 bits per heavy atom. The van der Waals surface area contributed by atoms with E-state index in [2.05, 4.69) is 55.3 Å². The molecule has 1 aromatic rings. The smallest absolute Gasteiger partial charge is 0.0403 e. The van der Waals surface area contributed by atoms with Crippen LogP contribution in [-0.2, 0) is 0 Å². The molecule has 2 heterocycles. The van der Waals surface area contributed by atoms with Crippen LogP contribution in [0, 0.1) is 12.8 Å². The molecular formula is C16H27N3. The van der Waals surface area contributed by atoms with Gasteiger partial charge in [0.2, 0.25) is 0 Å². The standard InChI is InChI=1S/C16H27N3/c1-12(2)18-10-14-6-5-9-19(4)16(14)15-11-17-8-7-13(15)3/h7-8,11-12,14,16,18H,5-6,9-10H2,1-4H3. The maximum atomic E-state index is 4.34. The summed E-state index contributed by atoms with van der Waals surface area (Å²) in [4.78, 5) is 6.84. The molecule has 106 valence electrons. The molecule has 0 bridgehead atoms. The van der Waals surface area contributed by atoms with Gasteiger partial charge in [0.05, 0.1) is 0 Å². The summed E-state index contributed by atoms with van der Waals surface area (Å²) in [7, 11) is 2.25. The molecule has 19 heavy (non-hydrogen) atoms. The SMILES string of the molecule is Cc1ccncc1C1C(CNC(C)C)CCCN1C. The molecule has 0 radical (unpaired) electrons. The molecule has 0 amide bonds. The number of piperidine rings is 1. The Labute approximate surface area is 117 Å². The summed E-state index contributed by atoms with van der Waals surface area (Å²) >= 11 is 0. The Morgan fingerprint density at radius 2 is 2.26 bits per heavy atom. The number of nitrogens with zero attached hydrogens (tertiary/aromatic N) is 2. The Bertz CT molecular complexity index is 403. The second kappa shape index (κ2) is 6.49. The van der Waals surface area contributed by atoms with Crippen LogP contribution in [0.4, 0.5) is 0 Å². The number of aromatic nitrogens is 1. The van der Waals surface area contributed by atoms with Gasteiger partial charge in [0.15, 0.2) is 0 Å². The molecule has 1 aliphatic rings. The van der Waals surface area contributed by atoms with Gasteiger partial charge in [-0.05, 0) is 56.5 Å². The lowest BCUT2D eigenvalue weighted by Gasteiger charge is -2.40. The third-order valence-corrected chi connectivity index (χ3v) is 4.19. The molecule has 0 aliphatic carbocycles. The quantitative estimate of drug-likeness (QED) is 0.903. The number of nitrogens with one attached hydrogen (secondary N) is 1. The average molecular weight is 261 g/mol. The predicted molar refractivity (Wildman–Crippen MR) is 80.2 cm³/mol. The maximum Gasteiger partial charge on any atom is 0.0403 e. The summed E-state index contributed by atoms with van der Waals surface area (Å²) in [6.45, 7) is 8.93. The van der Waals surface area contributed by atoms with Crippen molar-refractivity contribution in [2.24, 2.45) is 5.92 Å². The van der Waals surface area contributed by atoms with Crippen molar-refractivity contribution in [2.75, 3.05) is 20.1 Å². The van der Waals surface area contributed by atoms with Gasteiger partial charge >= 0.3 is 0 Å². The van der Waals surface area contributed by atoms with Crippen LogP contribution in [0.3, 0.4) is 0 Å². The van der Waals surface area contributed by atoms with Crippen LogP contribution in [0.5, 0.6) is 0 Å². The highest BCUT2D eigenvalue weighted by atomic mass is 15.1. The number of pyridine rings is 1. The maximum absolute atomic E-state index is 4.34. The van der Waals surface area contributed by atoms with Gasteiger partial charge < -0.3 is 5.32 Å². The van der Waals surface area contributed by atoms with Crippen LogP contribution < -0.4 is 5.32 Å². The fraction of sp³-hybridized carbons (Fsp3) is 0.688. The van der Waals surface area contributed by atoms with Crippen LogP contribution >= 0.6 is 0 Å². The lowest BCUT2D eigenvalue weighted by molar-refractivity contribution is 0.117. The number of likely N-dealkylation sites (tertiary alicyclic amines) is 1. The fourth-order valence-corrected chi connectivity index (χ4v) is 3.14. The minimum Gasteiger partial charge on any atom is -0.314 e. The third-order valence-electron chi connectivity index (χ3n) is 4.19. The molecule has 1 aromatic heterocycles. The molecule has 2 rings (SSSR count).